The number of aromatic nitrogens is 1. The Morgan fingerprint density at radius 1 is 1.25 bits per heavy atom. The lowest BCUT2D eigenvalue weighted by atomic mass is 10.2. The first-order valence-corrected chi connectivity index (χ1v) is 7.86. The molecule has 2 aromatic rings. The summed E-state index contributed by atoms with van der Waals surface area (Å²) >= 11 is 0. The first kappa shape index (κ1) is 20.2. The van der Waals surface area contributed by atoms with Gasteiger partial charge >= 0.3 is 0 Å². The van der Waals surface area contributed by atoms with Crippen LogP contribution in [0.25, 0.3) is 0 Å². The van der Waals surface area contributed by atoms with Gasteiger partial charge in [-0.15, -0.1) is 24.0 Å². The lowest BCUT2D eigenvalue weighted by Crippen LogP contribution is -2.38. The molecule has 0 fully saturated rings. The van der Waals surface area contributed by atoms with E-state index in [1.807, 2.05) is 42.5 Å². The number of nitrogens with one attached hydrogen (secondary N) is 1. The quantitative estimate of drug-likeness (QED) is 0.393. The number of rotatable bonds is 7. The molecule has 0 bridgehead atoms. The molecule has 2 rings (SSSR count). The molecule has 130 valence electrons. The largest absolute Gasteiger partial charge is 0.473 e. The number of hydrogen-bond donors (Lipinski definition) is 2. The zero-order chi connectivity index (χ0) is 16.5. The average molecular weight is 440 g/mol. The van der Waals surface area contributed by atoms with Gasteiger partial charge in [-0.25, -0.2) is 9.98 Å². The standard InChI is InChI=1S/C18H24N4O.HI/c1-3-14(2)22-18(19)21-12-16-10-7-11-20-17(16)23-13-15-8-5-4-6-9-15;/h4-11,14H,3,12-13H2,1-2H3,(H3,19,21,22);1H. The van der Waals surface area contributed by atoms with E-state index in [0.717, 1.165) is 17.5 Å². The summed E-state index contributed by atoms with van der Waals surface area (Å²) in [7, 11) is 0. The van der Waals surface area contributed by atoms with Gasteiger partial charge in [0.25, 0.3) is 0 Å². The third-order valence-corrected chi connectivity index (χ3v) is 3.49. The van der Waals surface area contributed by atoms with Crippen molar-refractivity contribution in [2.45, 2.75) is 39.5 Å². The molecule has 0 aliphatic rings. The molecule has 0 aliphatic heterocycles. The Hall–Kier alpha value is -1.83. The highest BCUT2D eigenvalue weighted by atomic mass is 127. The molecule has 0 saturated heterocycles. The van der Waals surface area contributed by atoms with Crippen LogP contribution in [0.1, 0.15) is 31.4 Å². The highest BCUT2D eigenvalue weighted by Gasteiger charge is 2.05. The van der Waals surface area contributed by atoms with E-state index in [-0.39, 0.29) is 24.0 Å². The van der Waals surface area contributed by atoms with Crippen LogP contribution in [-0.2, 0) is 13.2 Å². The molecule has 3 N–H and O–H groups in total. The van der Waals surface area contributed by atoms with Crippen LogP contribution in [0.5, 0.6) is 5.88 Å². The van der Waals surface area contributed by atoms with E-state index in [2.05, 4.69) is 29.1 Å². The fourth-order valence-corrected chi connectivity index (χ4v) is 1.97. The van der Waals surface area contributed by atoms with Crippen molar-refractivity contribution in [3.63, 3.8) is 0 Å². The Morgan fingerprint density at radius 2 is 2.00 bits per heavy atom. The van der Waals surface area contributed by atoms with E-state index in [4.69, 9.17) is 10.5 Å². The molecule has 5 nitrogen and oxygen atoms in total. The molecule has 0 aliphatic carbocycles. The second kappa shape index (κ2) is 10.9. The summed E-state index contributed by atoms with van der Waals surface area (Å²) in [6.07, 6.45) is 2.71. The summed E-state index contributed by atoms with van der Waals surface area (Å²) < 4.78 is 5.82. The first-order valence-electron chi connectivity index (χ1n) is 7.86. The number of halogens is 1. The lowest BCUT2D eigenvalue weighted by Gasteiger charge is -2.12. The second-order valence-corrected chi connectivity index (χ2v) is 5.40. The smallest absolute Gasteiger partial charge is 0.218 e. The van der Waals surface area contributed by atoms with Gasteiger partial charge in [0.05, 0.1) is 6.54 Å². The molecule has 1 aromatic heterocycles. The molecule has 0 saturated carbocycles. The van der Waals surface area contributed by atoms with E-state index < -0.39 is 0 Å². The second-order valence-electron chi connectivity index (χ2n) is 5.40. The number of nitrogens with zero attached hydrogens (tertiary/aromatic N) is 2. The average Bonchev–Trinajstić information content (AvgIpc) is 2.59. The van der Waals surface area contributed by atoms with Crippen molar-refractivity contribution in [2.24, 2.45) is 10.7 Å². The summed E-state index contributed by atoms with van der Waals surface area (Å²) in [5, 5.41) is 3.14. The van der Waals surface area contributed by atoms with Crippen LogP contribution in [0.4, 0.5) is 0 Å². The van der Waals surface area contributed by atoms with Gasteiger partial charge in [-0.05, 0) is 25.0 Å². The molecule has 0 amide bonds. The normalized spacial score (nSPS) is 12.2. The first-order chi connectivity index (χ1) is 11.2. The topological polar surface area (TPSA) is 72.5 Å². The van der Waals surface area contributed by atoms with Crippen molar-refractivity contribution < 1.29 is 4.74 Å². The van der Waals surface area contributed by atoms with E-state index in [9.17, 15) is 0 Å². The zero-order valence-corrected chi connectivity index (χ0v) is 16.4. The van der Waals surface area contributed by atoms with Crippen molar-refractivity contribution in [3.05, 3.63) is 59.8 Å². The number of nitrogens with two attached hydrogens (primary N) is 1. The van der Waals surface area contributed by atoms with Gasteiger partial charge in [0, 0.05) is 17.8 Å². The molecule has 0 spiro atoms. The molecule has 1 aromatic carbocycles. The number of ether oxygens (including phenoxy) is 1. The van der Waals surface area contributed by atoms with Gasteiger partial charge in [-0.3, -0.25) is 0 Å². The maximum atomic E-state index is 5.89. The fraction of sp³-hybridized carbons (Fsp3) is 0.333. The molecular formula is C18H25IN4O. The maximum Gasteiger partial charge on any atom is 0.218 e. The summed E-state index contributed by atoms with van der Waals surface area (Å²) in [6.45, 7) is 5.09. The van der Waals surface area contributed by atoms with Crippen LogP contribution in [0, 0.1) is 0 Å². The number of hydrogen-bond acceptors (Lipinski definition) is 3. The number of aliphatic imine (C=N–C) groups is 1. The molecule has 1 atom stereocenters. The predicted octanol–water partition coefficient (Wildman–Crippen LogP) is 3.48. The van der Waals surface area contributed by atoms with Crippen molar-refractivity contribution in [3.8, 4) is 5.88 Å². The van der Waals surface area contributed by atoms with Crippen molar-refractivity contribution >= 4 is 29.9 Å². The van der Waals surface area contributed by atoms with Crippen LogP contribution in [0.3, 0.4) is 0 Å². The Kier molecular flexibility index (Phi) is 9.14. The highest BCUT2D eigenvalue weighted by Crippen LogP contribution is 2.17. The van der Waals surface area contributed by atoms with E-state index >= 15 is 0 Å². The Bertz CT molecular complexity index is 634. The van der Waals surface area contributed by atoms with E-state index in [0.29, 0.717) is 31.0 Å². The SMILES string of the molecule is CCC(C)NC(N)=NCc1cccnc1OCc1ccccc1.I. The van der Waals surface area contributed by atoms with Crippen LogP contribution in [-0.4, -0.2) is 17.0 Å². The summed E-state index contributed by atoms with van der Waals surface area (Å²) in [6, 6.07) is 14.1. The van der Waals surface area contributed by atoms with E-state index in [1.165, 1.54) is 0 Å². The third kappa shape index (κ3) is 6.74. The summed E-state index contributed by atoms with van der Waals surface area (Å²) in [4.78, 5) is 8.66. The molecule has 24 heavy (non-hydrogen) atoms. The van der Waals surface area contributed by atoms with Crippen molar-refractivity contribution in [1.82, 2.24) is 10.3 Å². The minimum absolute atomic E-state index is 0. The maximum absolute atomic E-state index is 5.89. The van der Waals surface area contributed by atoms with Gasteiger partial charge in [0.2, 0.25) is 5.88 Å². The van der Waals surface area contributed by atoms with Gasteiger partial charge in [0.15, 0.2) is 5.96 Å². The lowest BCUT2D eigenvalue weighted by molar-refractivity contribution is 0.290. The number of pyridine rings is 1. The van der Waals surface area contributed by atoms with Gasteiger partial charge in [-0.1, -0.05) is 43.3 Å². The minimum Gasteiger partial charge on any atom is -0.473 e. The van der Waals surface area contributed by atoms with Crippen LogP contribution in [0.15, 0.2) is 53.7 Å². The van der Waals surface area contributed by atoms with Crippen LogP contribution < -0.4 is 15.8 Å². The van der Waals surface area contributed by atoms with Crippen molar-refractivity contribution in [1.29, 1.82) is 0 Å². The monoisotopic (exact) mass is 440 g/mol. The molecule has 6 heteroatoms. The molecule has 1 unspecified atom stereocenters. The van der Waals surface area contributed by atoms with Crippen molar-refractivity contribution in [2.75, 3.05) is 0 Å². The molecule has 1 heterocycles. The minimum atomic E-state index is 0. The van der Waals surface area contributed by atoms with Crippen LogP contribution in [0.2, 0.25) is 0 Å². The highest BCUT2D eigenvalue weighted by molar-refractivity contribution is 14.0. The summed E-state index contributed by atoms with van der Waals surface area (Å²) in [5.41, 5.74) is 7.91. The zero-order valence-electron chi connectivity index (χ0n) is 14.1. The molecule has 0 radical (unpaired) electrons. The van der Waals surface area contributed by atoms with Gasteiger partial charge < -0.3 is 15.8 Å². The van der Waals surface area contributed by atoms with Gasteiger partial charge in [-0.2, -0.15) is 0 Å². The molecular weight excluding hydrogens is 415 g/mol. The fourth-order valence-electron chi connectivity index (χ4n) is 1.97. The van der Waals surface area contributed by atoms with Gasteiger partial charge in [0.1, 0.15) is 6.61 Å². The van der Waals surface area contributed by atoms with E-state index in [1.54, 1.807) is 6.20 Å². The van der Waals surface area contributed by atoms with Crippen LogP contribution >= 0.6 is 24.0 Å². The number of guanidine groups is 1. The summed E-state index contributed by atoms with van der Waals surface area (Å²) in [5.74, 6) is 1.04. The predicted molar refractivity (Wildman–Crippen MR) is 109 cm³/mol. The number of benzene rings is 1. The Labute approximate surface area is 160 Å². The Morgan fingerprint density at radius 3 is 2.71 bits per heavy atom. The third-order valence-electron chi connectivity index (χ3n) is 3.49. The Balaban J connectivity index is 0.00000288.